The van der Waals surface area contributed by atoms with Crippen molar-refractivity contribution >= 4 is 18.2 Å². The molecule has 146 valence electrons. The Hall–Kier alpha value is -3.55. The fourth-order valence-corrected chi connectivity index (χ4v) is 3.07. The number of fused-ring (bicyclic) bond motifs is 2. The summed E-state index contributed by atoms with van der Waals surface area (Å²) < 4.78 is 26.8. The summed E-state index contributed by atoms with van der Waals surface area (Å²) in [6.07, 6.45) is 0.517. The molecule has 0 radical (unpaired) electrons. The molecule has 0 aromatic heterocycles. The normalized spacial score (nSPS) is 12.0. The zero-order valence-electron chi connectivity index (χ0n) is 16.0. The van der Waals surface area contributed by atoms with Crippen LogP contribution in [0.25, 0.3) is 0 Å². The van der Waals surface area contributed by atoms with Gasteiger partial charge in [0, 0.05) is 5.56 Å². The van der Waals surface area contributed by atoms with E-state index in [4.69, 9.17) is 23.7 Å². The van der Waals surface area contributed by atoms with Crippen LogP contribution in [-0.2, 0) is 4.74 Å². The van der Waals surface area contributed by atoms with Crippen LogP contribution >= 0.6 is 0 Å². The molecule has 0 bridgehead atoms. The Balaban J connectivity index is 2.39. The van der Waals surface area contributed by atoms with Gasteiger partial charge in [0.1, 0.15) is 22.6 Å². The first-order chi connectivity index (χ1) is 13.4. The highest BCUT2D eigenvalue weighted by Crippen LogP contribution is 2.48. The van der Waals surface area contributed by atoms with Gasteiger partial charge in [-0.2, -0.15) is 0 Å². The van der Waals surface area contributed by atoms with Crippen molar-refractivity contribution in [1.29, 1.82) is 0 Å². The van der Waals surface area contributed by atoms with Crippen molar-refractivity contribution in [2.45, 2.75) is 13.8 Å². The van der Waals surface area contributed by atoms with Crippen LogP contribution in [0.1, 0.15) is 42.2 Å². The monoisotopic (exact) mass is 386 g/mol. The molecule has 3 rings (SSSR count). The number of benzene rings is 2. The molecule has 0 amide bonds. The first-order valence-corrected chi connectivity index (χ1v) is 8.24. The summed E-state index contributed by atoms with van der Waals surface area (Å²) in [7, 11) is 4.02. The molecule has 8 nitrogen and oxygen atoms in total. The molecule has 2 aromatic rings. The van der Waals surface area contributed by atoms with Crippen molar-refractivity contribution in [3.8, 4) is 28.7 Å². The Morgan fingerprint density at radius 2 is 1.64 bits per heavy atom. The Labute approximate surface area is 160 Å². The number of carbonyl (C=O) groups excluding carboxylic acids is 3. The molecule has 1 heterocycles. The van der Waals surface area contributed by atoms with Gasteiger partial charge < -0.3 is 23.7 Å². The molecule has 0 spiro atoms. The zero-order chi connectivity index (χ0) is 20.6. The van der Waals surface area contributed by atoms with Crippen LogP contribution in [0.4, 0.5) is 0 Å². The van der Waals surface area contributed by atoms with E-state index in [2.05, 4.69) is 0 Å². The van der Waals surface area contributed by atoms with Gasteiger partial charge in [-0.1, -0.05) is 0 Å². The minimum absolute atomic E-state index is 0.0103. The maximum Gasteiger partial charge on any atom is 0.347 e. The van der Waals surface area contributed by atoms with Crippen LogP contribution in [0.5, 0.6) is 28.7 Å². The maximum absolute atomic E-state index is 12.8. The number of carbonyl (C=O) groups is 3. The Bertz CT molecular complexity index is 1010. The average molecular weight is 386 g/mol. The van der Waals surface area contributed by atoms with E-state index in [-0.39, 0.29) is 39.7 Å². The van der Waals surface area contributed by atoms with Gasteiger partial charge in [-0.25, -0.2) is 9.59 Å². The summed E-state index contributed by atoms with van der Waals surface area (Å²) in [4.78, 5) is 36.9. The second-order valence-corrected chi connectivity index (χ2v) is 6.02. The Morgan fingerprint density at radius 1 is 0.964 bits per heavy atom. The maximum atomic E-state index is 12.8. The highest BCUT2D eigenvalue weighted by molar-refractivity contribution is 6.03. The molecule has 0 saturated carbocycles. The molecule has 0 N–H and O–H groups in total. The minimum Gasteiger partial charge on any atom is -0.496 e. The van der Waals surface area contributed by atoms with Gasteiger partial charge in [0.15, 0.2) is 23.5 Å². The smallest absolute Gasteiger partial charge is 0.347 e. The lowest BCUT2D eigenvalue weighted by atomic mass is 10.0. The molecular formula is C20H18O8. The van der Waals surface area contributed by atoms with Crippen molar-refractivity contribution in [3.05, 3.63) is 39.9 Å². The molecule has 8 heteroatoms. The first-order valence-electron chi connectivity index (χ1n) is 8.24. The summed E-state index contributed by atoms with van der Waals surface area (Å²) in [5.41, 5.74) is 1.01. The molecule has 0 atom stereocenters. The van der Waals surface area contributed by atoms with Crippen molar-refractivity contribution in [3.63, 3.8) is 0 Å². The highest BCUT2D eigenvalue weighted by Gasteiger charge is 2.34. The highest BCUT2D eigenvalue weighted by atomic mass is 16.6. The predicted octanol–water partition coefficient (Wildman–Crippen LogP) is 3.24. The summed E-state index contributed by atoms with van der Waals surface area (Å²) in [6.45, 7) is 3.31. The van der Waals surface area contributed by atoms with E-state index in [1.54, 1.807) is 13.8 Å². The lowest BCUT2D eigenvalue weighted by Crippen LogP contribution is -2.11. The minimum atomic E-state index is -0.732. The summed E-state index contributed by atoms with van der Waals surface area (Å²) in [6, 6.07) is 2.96. The van der Waals surface area contributed by atoms with Crippen molar-refractivity contribution in [2.75, 3.05) is 21.3 Å². The lowest BCUT2D eigenvalue weighted by Gasteiger charge is -2.17. The van der Waals surface area contributed by atoms with Gasteiger partial charge in [0.25, 0.3) is 0 Å². The van der Waals surface area contributed by atoms with Gasteiger partial charge >= 0.3 is 11.9 Å². The number of hydrogen-bond donors (Lipinski definition) is 0. The van der Waals surface area contributed by atoms with E-state index in [0.717, 1.165) is 0 Å². The van der Waals surface area contributed by atoms with Gasteiger partial charge in [0.05, 0.1) is 26.9 Å². The third-order valence-corrected chi connectivity index (χ3v) is 4.48. The summed E-state index contributed by atoms with van der Waals surface area (Å²) >= 11 is 0. The Morgan fingerprint density at radius 3 is 2.21 bits per heavy atom. The zero-order valence-corrected chi connectivity index (χ0v) is 16.0. The molecule has 1 aliphatic heterocycles. The van der Waals surface area contributed by atoms with E-state index in [0.29, 0.717) is 23.2 Å². The van der Waals surface area contributed by atoms with E-state index in [1.807, 2.05) is 0 Å². The molecule has 28 heavy (non-hydrogen) atoms. The molecule has 0 saturated heterocycles. The predicted molar refractivity (Wildman–Crippen MR) is 97.2 cm³/mol. The van der Waals surface area contributed by atoms with Crippen LogP contribution in [0.15, 0.2) is 12.1 Å². The molecule has 0 unspecified atom stereocenters. The number of hydrogen-bond acceptors (Lipinski definition) is 8. The summed E-state index contributed by atoms with van der Waals surface area (Å²) in [5, 5.41) is 0. The van der Waals surface area contributed by atoms with Crippen LogP contribution in [0.3, 0.4) is 0 Å². The third-order valence-electron chi connectivity index (χ3n) is 4.48. The average Bonchev–Trinajstić information content (AvgIpc) is 2.84. The third kappa shape index (κ3) is 2.83. The fraction of sp³-hybridized carbons (Fsp3) is 0.250. The first kappa shape index (κ1) is 19.2. The number of rotatable bonds is 4. The van der Waals surface area contributed by atoms with Gasteiger partial charge in [-0.05, 0) is 31.5 Å². The van der Waals surface area contributed by atoms with Crippen LogP contribution in [-0.4, -0.2) is 39.6 Å². The number of aldehydes is 1. The van der Waals surface area contributed by atoms with Gasteiger partial charge in [-0.15, -0.1) is 0 Å². The van der Waals surface area contributed by atoms with E-state index >= 15 is 0 Å². The van der Waals surface area contributed by atoms with Crippen LogP contribution < -0.4 is 18.9 Å². The SMILES string of the molecule is COC(=O)c1cc(OC)c(C)c2c1Oc1c(C=O)c(OC)cc(C)c1C(=O)O2. The molecule has 1 aliphatic rings. The van der Waals surface area contributed by atoms with Crippen LogP contribution in [0.2, 0.25) is 0 Å². The molecule has 2 aromatic carbocycles. The second-order valence-electron chi connectivity index (χ2n) is 6.02. The lowest BCUT2D eigenvalue weighted by molar-refractivity contribution is 0.0594. The van der Waals surface area contributed by atoms with Crippen molar-refractivity contribution in [2.24, 2.45) is 0 Å². The fourth-order valence-electron chi connectivity index (χ4n) is 3.07. The van der Waals surface area contributed by atoms with Gasteiger partial charge in [0.2, 0.25) is 0 Å². The second kappa shape index (κ2) is 7.22. The molecule has 0 fully saturated rings. The standard InChI is InChI=1S/C20H18O8/c1-9-6-14(25-4)12(8-21)17-15(9)20(23)28-16-10(2)13(24-3)7-11(18(16)27-17)19(22)26-5/h6-8H,1-5H3. The van der Waals surface area contributed by atoms with Crippen LogP contribution in [0, 0.1) is 13.8 Å². The van der Waals surface area contributed by atoms with E-state index in [9.17, 15) is 14.4 Å². The molecule has 0 aliphatic carbocycles. The quantitative estimate of drug-likeness (QED) is 0.449. The number of ether oxygens (including phenoxy) is 5. The number of esters is 2. The number of aryl methyl sites for hydroxylation is 1. The van der Waals surface area contributed by atoms with Gasteiger partial charge in [-0.3, -0.25) is 4.79 Å². The Kier molecular flexibility index (Phi) is 4.96. The van der Waals surface area contributed by atoms with Crippen molar-refractivity contribution in [1.82, 2.24) is 0 Å². The van der Waals surface area contributed by atoms with E-state index in [1.165, 1.54) is 33.5 Å². The van der Waals surface area contributed by atoms with E-state index < -0.39 is 11.9 Å². The topological polar surface area (TPSA) is 97.4 Å². The largest absolute Gasteiger partial charge is 0.496 e. The number of methoxy groups -OCH3 is 3. The van der Waals surface area contributed by atoms with Crippen molar-refractivity contribution < 1.29 is 38.1 Å². The summed E-state index contributed by atoms with van der Waals surface area (Å²) in [5.74, 6) is -1.00. The molecular weight excluding hydrogens is 368 g/mol.